The molecule has 0 aliphatic rings. The van der Waals surface area contributed by atoms with Crippen LogP contribution in [-0.4, -0.2) is 22.8 Å². The van der Waals surface area contributed by atoms with Crippen LogP contribution in [0.25, 0.3) is 0 Å². The van der Waals surface area contributed by atoms with E-state index in [1.807, 2.05) is 44.2 Å². The number of hydrogen-bond acceptors (Lipinski definition) is 2. The predicted octanol–water partition coefficient (Wildman–Crippen LogP) is 5.13. The topological polar surface area (TPSA) is 49.4 Å². The zero-order valence-electron chi connectivity index (χ0n) is 16.4. The number of rotatable bonds is 6. The van der Waals surface area contributed by atoms with Gasteiger partial charge in [-0.05, 0) is 61.9 Å². The number of halogens is 1. The smallest absolute Gasteiger partial charge is 0.255 e. The number of carbonyl (C=O) groups is 2. The molecule has 29 heavy (non-hydrogen) atoms. The van der Waals surface area contributed by atoms with Gasteiger partial charge in [-0.3, -0.25) is 9.59 Å². The van der Waals surface area contributed by atoms with E-state index in [0.717, 1.165) is 5.56 Å². The summed E-state index contributed by atoms with van der Waals surface area (Å²) in [5.41, 5.74) is 2.34. The molecular formula is C24H23FN2O2. The molecule has 0 spiro atoms. The molecule has 3 aromatic carbocycles. The number of benzene rings is 3. The van der Waals surface area contributed by atoms with E-state index in [1.165, 1.54) is 18.2 Å². The van der Waals surface area contributed by atoms with E-state index in [2.05, 4.69) is 5.32 Å². The second-order valence-corrected chi connectivity index (χ2v) is 7.05. The van der Waals surface area contributed by atoms with Gasteiger partial charge in [-0.2, -0.15) is 0 Å². The summed E-state index contributed by atoms with van der Waals surface area (Å²) >= 11 is 0. The van der Waals surface area contributed by atoms with E-state index in [4.69, 9.17) is 0 Å². The fourth-order valence-electron chi connectivity index (χ4n) is 2.97. The quantitative estimate of drug-likeness (QED) is 0.634. The van der Waals surface area contributed by atoms with Crippen LogP contribution in [0.5, 0.6) is 0 Å². The van der Waals surface area contributed by atoms with Gasteiger partial charge in [-0.15, -0.1) is 0 Å². The molecule has 0 radical (unpaired) electrons. The van der Waals surface area contributed by atoms with Crippen molar-refractivity contribution in [3.05, 3.63) is 101 Å². The lowest BCUT2D eigenvalue weighted by Crippen LogP contribution is -2.36. The molecule has 0 unspecified atom stereocenters. The highest BCUT2D eigenvalue weighted by Crippen LogP contribution is 2.16. The second-order valence-electron chi connectivity index (χ2n) is 7.05. The van der Waals surface area contributed by atoms with Crippen LogP contribution in [0.15, 0.2) is 78.9 Å². The Balaban J connectivity index is 1.72. The molecule has 0 aliphatic carbocycles. The molecule has 3 aromatic rings. The highest BCUT2D eigenvalue weighted by atomic mass is 19.1. The zero-order valence-corrected chi connectivity index (χ0v) is 16.4. The van der Waals surface area contributed by atoms with Crippen LogP contribution in [0.1, 0.15) is 40.1 Å². The minimum absolute atomic E-state index is 0.0265. The monoisotopic (exact) mass is 390 g/mol. The summed E-state index contributed by atoms with van der Waals surface area (Å²) in [6.07, 6.45) is 0. The van der Waals surface area contributed by atoms with Gasteiger partial charge in [-0.25, -0.2) is 4.39 Å². The number of nitrogens with one attached hydrogen (secondary N) is 1. The Morgan fingerprint density at radius 2 is 1.55 bits per heavy atom. The number of carbonyl (C=O) groups excluding carboxylic acids is 2. The fourth-order valence-corrected chi connectivity index (χ4v) is 2.97. The van der Waals surface area contributed by atoms with Gasteiger partial charge in [0.15, 0.2) is 0 Å². The van der Waals surface area contributed by atoms with Crippen LogP contribution in [0, 0.1) is 5.82 Å². The van der Waals surface area contributed by atoms with Crippen molar-refractivity contribution in [2.45, 2.75) is 26.4 Å². The fraction of sp³-hybridized carbons (Fsp3) is 0.167. The number of amides is 2. The Labute approximate surface area is 170 Å². The third kappa shape index (κ3) is 5.29. The van der Waals surface area contributed by atoms with E-state index in [9.17, 15) is 14.0 Å². The second kappa shape index (κ2) is 9.15. The molecule has 5 heteroatoms. The molecule has 3 rings (SSSR count). The summed E-state index contributed by atoms with van der Waals surface area (Å²) in [7, 11) is 0. The van der Waals surface area contributed by atoms with Gasteiger partial charge in [-0.1, -0.05) is 36.4 Å². The predicted molar refractivity (Wildman–Crippen MR) is 112 cm³/mol. The molecule has 2 amide bonds. The molecule has 0 atom stereocenters. The number of anilines is 1. The van der Waals surface area contributed by atoms with Crippen LogP contribution in [0.2, 0.25) is 0 Å². The molecule has 0 saturated heterocycles. The minimum Gasteiger partial charge on any atom is -0.332 e. The Morgan fingerprint density at radius 3 is 2.17 bits per heavy atom. The lowest BCUT2D eigenvalue weighted by atomic mass is 10.1. The molecule has 0 bridgehead atoms. The van der Waals surface area contributed by atoms with Crippen LogP contribution >= 0.6 is 0 Å². The van der Waals surface area contributed by atoms with Crippen LogP contribution in [0.3, 0.4) is 0 Å². The Hall–Kier alpha value is -3.47. The highest BCUT2D eigenvalue weighted by Gasteiger charge is 2.19. The first kappa shape index (κ1) is 20.3. The maximum absolute atomic E-state index is 13.3. The van der Waals surface area contributed by atoms with Crippen LogP contribution in [-0.2, 0) is 6.54 Å². The molecular weight excluding hydrogens is 367 g/mol. The van der Waals surface area contributed by atoms with Gasteiger partial charge >= 0.3 is 0 Å². The summed E-state index contributed by atoms with van der Waals surface area (Å²) in [5, 5.41) is 2.65. The summed E-state index contributed by atoms with van der Waals surface area (Å²) < 4.78 is 13.3. The summed E-state index contributed by atoms with van der Waals surface area (Å²) in [5.74, 6) is -0.878. The largest absolute Gasteiger partial charge is 0.332 e. The van der Waals surface area contributed by atoms with Crippen LogP contribution < -0.4 is 5.32 Å². The minimum atomic E-state index is -0.420. The van der Waals surface area contributed by atoms with Crippen molar-refractivity contribution in [1.29, 1.82) is 0 Å². The highest BCUT2D eigenvalue weighted by molar-refractivity contribution is 6.05. The molecule has 0 aromatic heterocycles. The van der Waals surface area contributed by atoms with Gasteiger partial charge < -0.3 is 10.2 Å². The van der Waals surface area contributed by atoms with Crippen molar-refractivity contribution in [3.63, 3.8) is 0 Å². The molecule has 0 saturated carbocycles. The SMILES string of the molecule is CC(C)N(Cc1ccccc1)C(=O)c1ccc(C(=O)Nc2cccc(F)c2)cc1. The van der Waals surface area contributed by atoms with Crippen molar-refractivity contribution in [2.75, 3.05) is 5.32 Å². The van der Waals surface area contributed by atoms with Gasteiger partial charge in [0.1, 0.15) is 5.82 Å². The summed E-state index contributed by atoms with van der Waals surface area (Å²) in [6.45, 7) is 4.46. The van der Waals surface area contributed by atoms with Crippen LogP contribution in [0.4, 0.5) is 10.1 Å². The lowest BCUT2D eigenvalue weighted by molar-refractivity contribution is 0.0690. The average Bonchev–Trinajstić information content (AvgIpc) is 2.72. The van der Waals surface area contributed by atoms with Crippen molar-refractivity contribution in [2.24, 2.45) is 0 Å². The summed E-state index contributed by atoms with van der Waals surface area (Å²) in [6, 6.07) is 22.0. The third-order valence-corrected chi connectivity index (χ3v) is 4.56. The maximum atomic E-state index is 13.3. The van der Waals surface area contributed by atoms with E-state index < -0.39 is 5.82 Å². The number of nitrogens with zero attached hydrogens (tertiary/aromatic N) is 1. The van der Waals surface area contributed by atoms with E-state index in [0.29, 0.717) is 23.4 Å². The Kier molecular flexibility index (Phi) is 6.39. The molecule has 0 fully saturated rings. The van der Waals surface area contributed by atoms with Crippen molar-refractivity contribution >= 4 is 17.5 Å². The standard InChI is InChI=1S/C24H23FN2O2/c1-17(2)27(16-18-7-4-3-5-8-18)24(29)20-13-11-19(12-14-20)23(28)26-22-10-6-9-21(25)15-22/h3-15,17H,16H2,1-2H3,(H,26,28). The van der Waals surface area contributed by atoms with Gasteiger partial charge in [0.25, 0.3) is 11.8 Å². The van der Waals surface area contributed by atoms with Crippen molar-refractivity contribution < 1.29 is 14.0 Å². The third-order valence-electron chi connectivity index (χ3n) is 4.56. The van der Waals surface area contributed by atoms with Gasteiger partial charge in [0.2, 0.25) is 0 Å². The van der Waals surface area contributed by atoms with E-state index in [1.54, 1.807) is 35.2 Å². The normalized spacial score (nSPS) is 10.6. The molecule has 0 heterocycles. The number of hydrogen-bond donors (Lipinski definition) is 1. The van der Waals surface area contributed by atoms with E-state index >= 15 is 0 Å². The molecule has 148 valence electrons. The zero-order chi connectivity index (χ0) is 20.8. The first-order valence-corrected chi connectivity index (χ1v) is 9.46. The molecule has 4 nitrogen and oxygen atoms in total. The lowest BCUT2D eigenvalue weighted by Gasteiger charge is -2.27. The molecule has 0 aliphatic heterocycles. The van der Waals surface area contributed by atoms with Crippen molar-refractivity contribution in [3.8, 4) is 0 Å². The molecule has 1 N–H and O–H groups in total. The maximum Gasteiger partial charge on any atom is 0.255 e. The van der Waals surface area contributed by atoms with Gasteiger partial charge in [0, 0.05) is 29.4 Å². The first-order valence-electron chi connectivity index (χ1n) is 9.46. The average molecular weight is 390 g/mol. The first-order chi connectivity index (χ1) is 13.9. The Bertz CT molecular complexity index is 985. The van der Waals surface area contributed by atoms with Crippen molar-refractivity contribution in [1.82, 2.24) is 4.90 Å². The summed E-state index contributed by atoms with van der Waals surface area (Å²) in [4.78, 5) is 27.1. The van der Waals surface area contributed by atoms with E-state index in [-0.39, 0.29) is 17.9 Å². The Morgan fingerprint density at radius 1 is 0.897 bits per heavy atom. The van der Waals surface area contributed by atoms with Gasteiger partial charge in [0.05, 0.1) is 0 Å².